The number of aromatic nitrogens is 2. The number of rotatable bonds is 3. The van der Waals surface area contributed by atoms with Gasteiger partial charge in [-0.25, -0.2) is 4.98 Å². The molecule has 0 aliphatic heterocycles. The van der Waals surface area contributed by atoms with Crippen molar-refractivity contribution in [1.29, 1.82) is 0 Å². The van der Waals surface area contributed by atoms with Crippen LogP contribution in [0.25, 0.3) is 0 Å². The second-order valence-corrected chi connectivity index (χ2v) is 3.81. The quantitative estimate of drug-likeness (QED) is 0.878. The van der Waals surface area contributed by atoms with E-state index in [1.807, 2.05) is 6.07 Å². The first-order valence-electron chi connectivity index (χ1n) is 5.56. The maximum absolute atomic E-state index is 12.1. The van der Waals surface area contributed by atoms with Crippen LogP contribution in [-0.2, 0) is 6.54 Å². The number of nitrogens with two attached hydrogens (primary N) is 1. The summed E-state index contributed by atoms with van der Waals surface area (Å²) in [7, 11) is 1.67. The Labute approximate surface area is 105 Å². The molecule has 2 aromatic rings. The standard InChI is InChI=1S/C13H14N4O/c1-17(12-4-2-3-7-15-12)13(18)11-6-5-10(8-14)9-16-11/h2-7,9H,8,14H2,1H3. The number of pyridine rings is 2. The van der Waals surface area contributed by atoms with Crippen LogP contribution in [0.5, 0.6) is 0 Å². The maximum Gasteiger partial charge on any atom is 0.277 e. The molecule has 0 saturated heterocycles. The number of carbonyl (C=O) groups is 1. The Morgan fingerprint density at radius 3 is 2.67 bits per heavy atom. The smallest absolute Gasteiger partial charge is 0.277 e. The summed E-state index contributed by atoms with van der Waals surface area (Å²) < 4.78 is 0. The van der Waals surface area contributed by atoms with Crippen LogP contribution in [0.15, 0.2) is 42.7 Å². The Kier molecular flexibility index (Phi) is 3.64. The van der Waals surface area contributed by atoms with Crippen molar-refractivity contribution in [3.8, 4) is 0 Å². The minimum Gasteiger partial charge on any atom is -0.326 e. The zero-order valence-electron chi connectivity index (χ0n) is 10.1. The second-order valence-electron chi connectivity index (χ2n) is 3.81. The molecule has 0 aliphatic rings. The third kappa shape index (κ3) is 2.52. The molecular formula is C13H14N4O. The highest BCUT2D eigenvalue weighted by molar-refractivity contribution is 6.03. The van der Waals surface area contributed by atoms with Crippen molar-refractivity contribution < 1.29 is 4.79 Å². The van der Waals surface area contributed by atoms with Gasteiger partial charge in [-0.3, -0.25) is 14.7 Å². The van der Waals surface area contributed by atoms with Crippen LogP contribution in [0.2, 0.25) is 0 Å². The molecule has 2 heterocycles. The lowest BCUT2D eigenvalue weighted by atomic mass is 10.2. The van der Waals surface area contributed by atoms with E-state index in [0.717, 1.165) is 5.56 Å². The summed E-state index contributed by atoms with van der Waals surface area (Å²) in [4.78, 5) is 21.8. The number of carbonyl (C=O) groups excluding carboxylic acids is 1. The van der Waals surface area contributed by atoms with Crippen LogP contribution in [0.3, 0.4) is 0 Å². The minimum atomic E-state index is -0.197. The fraction of sp³-hybridized carbons (Fsp3) is 0.154. The first-order valence-corrected chi connectivity index (χ1v) is 5.56. The Hall–Kier alpha value is -2.27. The Morgan fingerprint density at radius 2 is 2.11 bits per heavy atom. The molecule has 0 fully saturated rings. The lowest BCUT2D eigenvalue weighted by molar-refractivity contribution is 0.0987. The predicted molar refractivity (Wildman–Crippen MR) is 69.1 cm³/mol. The van der Waals surface area contributed by atoms with Gasteiger partial charge in [0.2, 0.25) is 0 Å². The van der Waals surface area contributed by atoms with E-state index < -0.39 is 0 Å². The van der Waals surface area contributed by atoms with Gasteiger partial charge in [0.15, 0.2) is 0 Å². The van der Waals surface area contributed by atoms with Gasteiger partial charge in [-0.15, -0.1) is 0 Å². The van der Waals surface area contributed by atoms with Gasteiger partial charge in [0.05, 0.1) is 0 Å². The van der Waals surface area contributed by atoms with Crippen molar-refractivity contribution in [2.24, 2.45) is 5.73 Å². The van der Waals surface area contributed by atoms with E-state index in [1.165, 1.54) is 4.90 Å². The first-order chi connectivity index (χ1) is 8.72. The monoisotopic (exact) mass is 242 g/mol. The maximum atomic E-state index is 12.1. The third-order valence-corrected chi connectivity index (χ3v) is 2.58. The van der Waals surface area contributed by atoms with Crippen LogP contribution < -0.4 is 10.6 Å². The van der Waals surface area contributed by atoms with E-state index in [0.29, 0.717) is 18.1 Å². The van der Waals surface area contributed by atoms with E-state index >= 15 is 0 Å². The van der Waals surface area contributed by atoms with Crippen LogP contribution in [-0.4, -0.2) is 22.9 Å². The van der Waals surface area contributed by atoms with E-state index in [1.54, 1.807) is 43.7 Å². The van der Waals surface area contributed by atoms with E-state index in [-0.39, 0.29) is 5.91 Å². The molecule has 2 N–H and O–H groups in total. The van der Waals surface area contributed by atoms with Crippen molar-refractivity contribution in [3.05, 3.63) is 54.0 Å². The van der Waals surface area contributed by atoms with Crippen LogP contribution >= 0.6 is 0 Å². The molecule has 5 heteroatoms. The molecule has 1 amide bonds. The zero-order chi connectivity index (χ0) is 13.0. The summed E-state index contributed by atoms with van der Waals surface area (Å²) in [5.41, 5.74) is 6.75. The molecule has 0 unspecified atom stereocenters. The highest BCUT2D eigenvalue weighted by atomic mass is 16.2. The molecule has 18 heavy (non-hydrogen) atoms. The van der Waals surface area contributed by atoms with Gasteiger partial charge >= 0.3 is 0 Å². The fourth-order valence-electron chi connectivity index (χ4n) is 1.50. The normalized spacial score (nSPS) is 10.1. The van der Waals surface area contributed by atoms with Gasteiger partial charge < -0.3 is 5.73 Å². The summed E-state index contributed by atoms with van der Waals surface area (Å²) in [6.45, 7) is 0.414. The fourth-order valence-corrected chi connectivity index (χ4v) is 1.50. The second kappa shape index (κ2) is 5.37. The number of hydrogen-bond donors (Lipinski definition) is 1. The van der Waals surface area contributed by atoms with Crippen LogP contribution in [0.4, 0.5) is 5.82 Å². The Bertz CT molecular complexity index is 524. The number of nitrogens with zero attached hydrogens (tertiary/aromatic N) is 3. The minimum absolute atomic E-state index is 0.197. The molecule has 2 rings (SSSR count). The molecule has 2 aromatic heterocycles. The molecule has 92 valence electrons. The lowest BCUT2D eigenvalue weighted by Crippen LogP contribution is -2.27. The van der Waals surface area contributed by atoms with Crippen molar-refractivity contribution in [1.82, 2.24) is 9.97 Å². The van der Waals surface area contributed by atoms with Crippen molar-refractivity contribution in [2.45, 2.75) is 6.54 Å². The van der Waals surface area contributed by atoms with E-state index in [9.17, 15) is 4.79 Å². The number of amides is 1. The Balaban J connectivity index is 2.20. The highest BCUT2D eigenvalue weighted by Crippen LogP contribution is 2.10. The summed E-state index contributed by atoms with van der Waals surface area (Å²) in [6.07, 6.45) is 3.25. The molecular weight excluding hydrogens is 228 g/mol. The molecule has 5 nitrogen and oxygen atoms in total. The summed E-state index contributed by atoms with van der Waals surface area (Å²) in [5.74, 6) is 0.393. The van der Waals surface area contributed by atoms with Gasteiger partial charge in [-0.2, -0.15) is 0 Å². The summed E-state index contributed by atoms with van der Waals surface area (Å²) in [6, 6.07) is 8.87. The Morgan fingerprint density at radius 1 is 1.28 bits per heavy atom. The van der Waals surface area contributed by atoms with Crippen molar-refractivity contribution in [3.63, 3.8) is 0 Å². The summed E-state index contributed by atoms with van der Waals surface area (Å²) >= 11 is 0. The van der Waals surface area contributed by atoms with Crippen molar-refractivity contribution >= 4 is 11.7 Å². The van der Waals surface area contributed by atoms with Gasteiger partial charge in [0.25, 0.3) is 5.91 Å². The molecule has 0 radical (unpaired) electrons. The number of hydrogen-bond acceptors (Lipinski definition) is 4. The van der Waals surface area contributed by atoms with Gasteiger partial charge in [-0.05, 0) is 23.8 Å². The summed E-state index contributed by atoms with van der Waals surface area (Å²) in [5, 5.41) is 0. The molecule has 0 aromatic carbocycles. The number of anilines is 1. The first kappa shape index (κ1) is 12.2. The molecule has 0 aliphatic carbocycles. The van der Waals surface area contributed by atoms with Gasteiger partial charge in [-0.1, -0.05) is 12.1 Å². The molecule has 0 saturated carbocycles. The SMILES string of the molecule is CN(C(=O)c1ccc(CN)cn1)c1ccccn1. The average molecular weight is 242 g/mol. The topological polar surface area (TPSA) is 72.1 Å². The van der Waals surface area contributed by atoms with Gasteiger partial charge in [0.1, 0.15) is 11.5 Å². The predicted octanol–water partition coefficient (Wildman–Crippen LogP) is 1.21. The van der Waals surface area contributed by atoms with Gasteiger partial charge in [0, 0.05) is 26.0 Å². The third-order valence-electron chi connectivity index (χ3n) is 2.58. The largest absolute Gasteiger partial charge is 0.326 e. The molecule has 0 spiro atoms. The lowest BCUT2D eigenvalue weighted by Gasteiger charge is -2.15. The molecule has 0 bridgehead atoms. The van der Waals surface area contributed by atoms with E-state index in [4.69, 9.17) is 5.73 Å². The zero-order valence-corrected chi connectivity index (χ0v) is 10.1. The van der Waals surface area contributed by atoms with E-state index in [2.05, 4.69) is 9.97 Å². The van der Waals surface area contributed by atoms with Crippen LogP contribution in [0, 0.1) is 0 Å². The van der Waals surface area contributed by atoms with Crippen molar-refractivity contribution in [2.75, 3.05) is 11.9 Å². The molecule has 0 atom stereocenters. The average Bonchev–Trinajstić information content (AvgIpc) is 2.47. The highest BCUT2D eigenvalue weighted by Gasteiger charge is 2.15. The van der Waals surface area contributed by atoms with Crippen LogP contribution in [0.1, 0.15) is 16.1 Å².